The monoisotopic (exact) mass is 572 g/mol. The summed E-state index contributed by atoms with van der Waals surface area (Å²) < 4.78 is 11.2. The van der Waals surface area contributed by atoms with Gasteiger partial charge in [-0.2, -0.15) is 0 Å². The van der Waals surface area contributed by atoms with Crippen LogP contribution in [-0.4, -0.2) is 8.97 Å². The van der Waals surface area contributed by atoms with Crippen molar-refractivity contribution < 1.29 is 4.42 Å². The minimum absolute atomic E-state index is 0.914. The van der Waals surface area contributed by atoms with Gasteiger partial charge in [0.15, 0.2) is 0 Å². The maximum Gasteiger partial charge on any atom is 0.136 e. The molecule has 0 atom stereocenters. The third kappa shape index (κ3) is 2.90. The summed E-state index contributed by atoms with van der Waals surface area (Å²) >= 11 is 0. The number of hydrogen-bond donors (Lipinski definition) is 0. The minimum atomic E-state index is 0.914. The maximum absolute atomic E-state index is 6.25. The SMILES string of the molecule is c1cc(-c2cccc3oc4ccccc4c23)cc(-n2c3cccc4c5ccccc5n5c6ccccc6c6ccc2c(c43)c65)c1. The predicted molar refractivity (Wildman–Crippen MR) is 188 cm³/mol. The van der Waals surface area contributed by atoms with E-state index in [-0.39, 0.29) is 0 Å². The highest BCUT2D eigenvalue weighted by Crippen LogP contribution is 2.45. The van der Waals surface area contributed by atoms with E-state index in [9.17, 15) is 0 Å². The number of rotatable bonds is 2. The van der Waals surface area contributed by atoms with Crippen LogP contribution in [-0.2, 0) is 0 Å². The molecule has 0 unspecified atom stereocenters. The highest BCUT2D eigenvalue weighted by atomic mass is 16.3. The smallest absolute Gasteiger partial charge is 0.136 e. The molecular formula is C42H24N2O. The van der Waals surface area contributed by atoms with Crippen LogP contribution in [0.1, 0.15) is 0 Å². The molecule has 45 heavy (non-hydrogen) atoms. The van der Waals surface area contributed by atoms with Gasteiger partial charge in [0.2, 0.25) is 0 Å². The van der Waals surface area contributed by atoms with E-state index < -0.39 is 0 Å². The van der Waals surface area contributed by atoms with Gasteiger partial charge in [0.25, 0.3) is 0 Å². The van der Waals surface area contributed by atoms with Crippen LogP contribution in [0, 0.1) is 0 Å². The highest BCUT2D eigenvalue weighted by Gasteiger charge is 2.23. The number of benzene rings is 7. The molecule has 0 saturated heterocycles. The van der Waals surface area contributed by atoms with Crippen LogP contribution in [0.25, 0.3) is 98.7 Å². The Bertz CT molecular complexity index is 2990. The number of para-hydroxylation sites is 3. The summed E-state index contributed by atoms with van der Waals surface area (Å²) in [5, 5.41) is 10.0. The summed E-state index contributed by atoms with van der Waals surface area (Å²) in [6.07, 6.45) is 0. The van der Waals surface area contributed by atoms with Gasteiger partial charge in [-0.15, -0.1) is 0 Å². The van der Waals surface area contributed by atoms with Crippen molar-refractivity contribution in [3.63, 3.8) is 0 Å². The lowest BCUT2D eigenvalue weighted by Crippen LogP contribution is -1.95. The second kappa shape index (κ2) is 8.31. The van der Waals surface area contributed by atoms with Crippen LogP contribution in [0.2, 0.25) is 0 Å². The molecule has 0 fully saturated rings. The Morgan fingerprint density at radius 3 is 1.91 bits per heavy atom. The van der Waals surface area contributed by atoms with E-state index in [1.54, 1.807) is 0 Å². The Kier molecular flexibility index (Phi) is 4.32. The van der Waals surface area contributed by atoms with Gasteiger partial charge in [-0.3, -0.25) is 0 Å². The van der Waals surface area contributed by atoms with Crippen molar-refractivity contribution in [3.05, 3.63) is 146 Å². The Morgan fingerprint density at radius 1 is 0.400 bits per heavy atom. The molecule has 4 heterocycles. The first-order valence-corrected chi connectivity index (χ1v) is 15.5. The van der Waals surface area contributed by atoms with Crippen LogP contribution >= 0.6 is 0 Å². The number of furan rings is 1. The molecule has 0 spiro atoms. The third-order valence-corrected chi connectivity index (χ3v) is 9.84. The van der Waals surface area contributed by atoms with Crippen molar-refractivity contribution in [2.24, 2.45) is 0 Å². The van der Waals surface area contributed by atoms with Crippen molar-refractivity contribution in [2.75, 3.05) is 0 Å². The average molecular weight is 573 g/mol. The lowest BCUT2D eigenvalue weighted by Gasteiger charge is -2.12. The van der Waals surface area contributed by atoms with Crippen LogP contribution < -0.4 is 0 Å². The quantitative estimate of drug-likeness (QED) is 0.202. The molecule has 3 nitrogen and oxygen atoms in total. The van der Waals surface area contributed by atoms with Gasteiger partial charge in [-0.1, -0.05) is 97.1 Å². The van der Waals surface area contributed by atoms with Crippen LogP contribution in [0.5, 0.6) is 0 Å². The summed E-state index contributed by atoms with van der Waals surface area (Å²) in [6, 6.07) is 52.8. The largest absolute Gasteiger partial charge is 0.456 e. The molecule has 3 heteroatoms. The van der Waals surface area contributed by atoms with Gasteiger partial charge in [0.05, 0.1) is 27.6 Å². The fourth-order valence-corrected chi connectivity index (χ4v) is 8.08. The fraction of sp³-hybridized carbons (Fsp3) is 0. The van der Waals surface area contributed by atoms with Gasteiger partial charge in [-0.25, -0.2) is 0 Å². The zero-order valence-corrected chi connectivity index (χ0v) is 24.2. The van der Waals surface area contributed by atoms with Crippen molar-refractivity contribution >= 4 is 81.8 Å². The molecule has 4 aromatic heterocycles. The molecule has 0 aliphatic carbocycles. The van der Waals surface area contributed by atoms with E-state index in [0.717, 1.165) is 27.6 Å². The molecule has 0 radical (unpaired) electrons. The van der Waals surface area contributed by atoms with E-state index >= 15 is 0 Å². The minimum Gasteiger partial charge on any atom is -0.456 e. The van der Waals surface area contributed by atoms with Crippen LogP contribution in [0.3, 0.4) is 0 Å². The molecular weight excluding hydrogens is 548 g/mol. The van der Waals surface area contributed by atoms with E-state index in [4.69, 9.17) is 4.42 Å². The number of aromatic nitrogens is 2. The summed E-state index contributed by atoms with van der Waals surface area (Å²) in [7, 11) is 0. The first-order valence-electron chi connectivity index (χ1n) is 15.5. The Hall–Kier alpha value is -6.06. The molecule has 208 valence electrons. The average Bonchev–Trinajstić information content (AvgIpc) is 3.73. The third-order valence-electron chi connectivity index (χ3n) is 9.84. The summed E-state index contributed by atoms with van der Waals surface area (Å²) in [6.45, 7) is 0. The van der Waals surface area contributed by atoms with Crippen molar-refractivity contribution in [1.82, 2.24) is 8.97 Å². The second-order valence-corrected chi connectivity index (χ2v) is 12.1. The van der Waals surface area contributed by atoms with E-state index in [0.29, 0.717) is 0 Å². The van der Waals surface area contributed by atoms with Gasteiger partial charge >= 0.3 is 0 Å². The van der Waals surface area contributed by atoms with Gasteiger partial charge in [0.1, 0.15) is 11.2 Å². The van der Waals surface area contributed by atoms with Crippen LogP contribution in [0.4, 0.5) is 0 Å². The highest BCUT2D eigenvalue weighted by molar-refractivity contribution is 6.33. The number of hydrogen-bond acceptors (Lipinski definition) is 1. The Morgan fingerprint density at radius 2 is 1.04 bits per heavy atom. The number of nitrogens with zero attached hydrogens (tertiary/aromatic N) is 2. The second-order valence-electron chi connectivity index (χ2n) is 12.1. The standard InChI is InChI=1S/C42H24N2O/c1-4-17-33-28(12-1)30-16-8-19-35-40(30)41-36(23-22-31-29-13-2-5-18-34(29)44(33)42(31)41)43(35)26-11-7-10-25(24-26)27-15-9-21-38-39(27)32-14-3-6-20-37(32)45-38/h1-24H. The zero-order chi connectivity index (χ0) is 29.2. The lowest BCUT2D eigenvalue weighted by atomic mass is 9.99. The molecule has 0 amide bonds. The Labute approximate surface area is 257 Å². The van der Waals surface area contributed by atoms with Gasteiger partial charge in [-0.05, 0) is 65.0 Å². The predicted octanol–water partition coefficient (Wildman–Crippen LogP) is 11.5. The zero-order valence-electron chi connectivity index (χ0n) is 24.2. The van der Waals surface area contributed by atoms with Gasteiger partial charge < -0.3 is 13.4 Å². The molecule has 0 N–H and O–H groups in total. The molecule has 0 saturated carbocycles. The molecule has 0 aliphatic heterocycles. The molecule has 11 rings (SSSR count). The summed E-state index contributed by atoms with van der Waals surface area (Å²) in [4.78, 5) is 0. The summed E-state index contributed by atoms with van der Waals surface area (Å²) in [5.74, 6) is 0. The topological polar surface area (TPSA) is 22.5 Å². The molecule has 11 aromatic rings. The number of fused-ring (bicyclic) bond motifs is 9. The van der Waals surface area contributed by atoms with Gasteiger partial charge in [0, 0.05) is 43.4 Å². The first kappa shape index (κ1) is 23.4. The summed E-state index contributed by atoms with van der Waals surface area (Å²) in [5.41, 5.74) is 11.5. The first-order chi connectivity index (χ1) is 22.3. The van der Waals surface area contributed by atoms with Crippen LogP contribution in [0.15, 0.2) is 150 Å². The molecule has 7 aromatic carbocycles. The molecule has 0 bridgehead atoms. The van der Waals surface area contributed by atoms with E-state index in [2.05, 4.69) is 142 Å². The normalized spacial score (nSPS) is 12.4. The Balaban J connectivity index is 1.30. The molecule has 0 aliphatic rings. The fourth-order valence-electron chi connectivity index (χ4n) is 8.08. The van der Waals surface area contributed by atoms with Crippen molar-refractivity contribution in [1.29, 1.82) is 0 Å². The lowest BCUT2D eigenvalue weighted by molar-refractivity contribution is 0.669. The van der Waals surface area contributed by atoms with Crippen molar-refractivity contribution in [2.45, 2.75) is 0 Å². The maximum atomic E-state index is 6.25. The van der Waals surface area contributed by atoms with E-state index in [1.807, 2.05) is 12.1 Å². The van der Waals surface area contributed by atoms with Crippen molar-refractivity contribution in [3.8, 4) is 16.8 Å². The van der Waals surface area contributed by atoms with E-state index in [1.165, 1.54) is 71.0 Å².